The number of hydrogen-bond donors (Lipinski definition) is 2. The van der Waals surface area contributed by atoms with Gasteiger partial charge < -0.3 is 15.2 Å². The lowest BCUT2D eigenvalue weighted by molar-refractivity contribution is 0.0936. The molecule has 0 heterocycles. The van der Waals surface area contributed by atoms with Gasteiger partial charge in [-0.05, 0) is 59.9 Å². The molecule has 2 N–H and O–H groups in total. The average molecular weight is 384 g/mol. The van der Waals surface area contributed by atoms with Crippen molar-refractivity contribution in [2.45, 2.75) is 25.5 Å². The van der Waals surface area contributed by atoms with Gasteiger partial charge >= 0.3 is 0 Å². The number of phenols is 1. The maximum Gasteiger partial charge on any atom is 0.251 e. The van der Waals surface area contributed by atoms with Gasteiger partial charge in [0.15, 0.2) is 0 Å². The number of phenolic OH excluding ortho intramolecular Hbond substituents is 1. The summed E-state index contributed by atoms with van der Waals surface area (Å²) in [6, 6.07) is 21.8. The second-order valence-corrected chi connectivity index (χ2v) is 7.01. The van der Waals surface area contributed by atoms with E-state index in [0.29, 0.717) is 16.9 Å². The first-order chi connectivity index (χ1) is 14.2. The van der Waals surface area contributed by atoms with Gasteiger partial charge in [-0.1, -0.05) is 36.4 Å². The second-order valence-electron chi connectivity index (χ2n) is 7.01. The first kappa shape index (κ1) is 18.6. The zero-order valence-electron chi connectivity index (χ0n) is 15.8. The first-order valence-electron chi connectivity index (χ1n) is 9.48. The summed E-state index contributed by atoms with van der Waals surface area (Å²) in [6.07, 6.45) is 1.52. The highest BCUT2D eigenvalue weighted by Crippen LogP contribution is 2.36. The van der Waals surface area contributed by atoms with Gasteiger partial charge in [0.25, 0.3) is 5.91 Å². The number of ether oxygens (including phenoxy) is 1. The third kappa shape index (κ3) is 3.92. The molecule has 29 heavy (non-hydrogen) atoms. The third-order valence-electron chi connectivity index (χ3n) is 5.14. The van der Waals surface area contributed by atoms with Crippen LogP contribution in [0.5, 0.6) is 11.5 Å². The summed E-state index contributed by atoms with van der Waals surface area (Å²) in [5.74, 6) is 0.647. The molecule has 1 aliphatic rings. The number of carbonyl (C=O) groups is 1. The van der Waals surface area contributed by atoms with Crippen molar-refractivity contribution in [1.29, 1.82) is 5.26 Å². The minimum absolute atomic E-state index is 0.105. The van der Waals surface area contributed by atoms with Crippen molar-refractivity contribution in [3.8, 4) is 17.6 Å². The van der Waals surface area contributed by atoms with E-state index in [0.717, 1.165) is 29.5 Å². The van der Waals surface area contributed by atoms with Gasteiger partial charge in [0, 0.05) is 5.56 Å². The fraction of sp³-hybridized carbons (Fsp3) is 0.167. The summed E-state index contributed by atoms with van der Waals surface area (Å²) in [5, 5.41) is 22.2. The minimum Gasteiger partial charge on any atom is -0.508 e. The van der Waals surface area contributed by atoms with Crippen LogP contribution in [-0.2, 0) is 13.0 Å². The number of aromatic hydroxyl groups is 1. The molecule has 0 spiro atoms. The highest BCUT2D eigenvalue weighted by molar-refractivity contribution is 5.94. The fourth-order valence-electron chi connectivity index (χ4n) is 3.67. The monoisotopic (exact) mass is 384 g/mol. The van der Waals surface area contributed by atoms with Gasteiger partial charge in [0.05, 0.1) is 11.6 Å². The summed E-state index contributed by atoms with van der Waals surface area (Å²) in [4.78, 5) is 12.8. The van der Waals surface area contributed by atoms with Crippen LogP contribution in [0.2, 0.25) is 0 Å². The number of nitriles is 1. The zero-order valence-corrected chi connectivity index (χ0v) is 15.8. The number of benzene rings is 3. The molecule has 5 nitrogen and oxygen atoms in total. The molecule has 0 saturated carbocycles. The molecule has 1 unspecified atom stereocenters. The summed E-state index contributed by atoms with van der Waals surface area (Å²) in [7, 11) is 0. The molecule has 1 atom stereocenters. The number of nitrogens with one attached hydrogen (secondary N) is 1. The van der Waals surface area contributed by atoms with Crippen molar-refractivity contribution >= 4 is 5.91 Å². The molecule has 1 aliphatic carbocycles. The summed E-state index contributed by atoms with van der Waals surface area (Å²) >= 11 is 0. The topological polar surface area (TPSA) is 82.3 Å². The minimum atomic E-state index is -0.162. The molecule has 4 rings (SSSR count). The van der Waals surface area contributed by atoms with Gasteiger partial charge in [-0.15, -0.1) is 0 Å². The van der Waals surface area contributed by atoms with Crippen LogP contribution in [-0.4, -0.2) is 11.0 Å². The van der Waals surface area contributed by atoms with Crippen LogP contribution in [0, 0.1) is 11.3 Å². The molecular formula is C24H20N2O3. The lowest BCUT2D eigenvalue weighted by atomic mass is 10.1. The Morgan fingerprint density at radius 2 is 1.97 bits per heavy atom. The molecule has 5 heteroatoms. The van der Waals surface area contributed by atoms with Crippen LogP contribution in [0.1, 0.15) is 45.1 Å². The van der Waals surface area contributed by atoms with Gasteiger partial charge in [0.1, 0.15) is 24.2 Å². The maximum atomic E-state index is 12.8. The Hall–Kier alpha value is -3.78. The van der Waals surface area contributed by atoms with Crippen molar-refractivity contribution in [1.82, 2.24) is 5.32 Å². The van der Waals surface area contributed by atoms with Gasteiger partial charge in [-0.2, -0.15) is 5.26 Å². The number of hydrogen-bond acceptors (Lipinski definition) is 4. The van der Waals surface area contributed by atoms with Gasteiger partial charge in [-0.3, -0.25) is 4.79 Å². The quantitative estimate of drug-likeness (QED) is 0.689. The van der Waals surface area contributed by atoms with E-state index in [1.54, 1.807) is 42.5 Å². The molecule has 0 aromatic heterocycles. The average Bonchev–Trinajstić information content (AvgIpc) is 3.17. The lowest BCUT2D eigenvalue weighted by Crippen LogP contribution is -2.27. The maximum absolute atomic E-state index is 12.8. The van der Waals surface area contributed by atoms with Crippen molar-refractivity contribution in [3.05, 3.63) is 94.5 Å². The third-order valence-corrected chi connectivity index (χ3v) is 5.14. The Morgan fingerprint density at radius 3 is 2.83 bits per heavy atom. The molecule has 0 saturated heterocycles. The van der Waals surface area contributed by atoms with E-state index in [9.17, 15) is 9.90 Å². The van der Waals surface area contributed by atoms with E-state index in [1.165, 1.54) is 0 Å². The van der Waals surface area contributed by atoms with E-state index in [4.69, 9.17) is 10.00 Å². The Balaban J connectivity index is 1.45. The normalized spacial score (nSPS) is 14.7. The Bertz CT molecular complexity index is 1100. The number of nitrogens with zero attached hydrogens (tertiary/aromatic N) is 1. The molecule has 3 aromatic rings. The fourth-order valence-corrected chi connectivity index (χ4v) is 3.67. The van der Waals surface area contributed by atoms with Crippen molar-refractivity contribution in [2.24, 2.45) is 0 Å². The van der Waals surface area contributed by atoms with E-state index < -0.39 is 0 Å². The van der Waals surface area contributed by atoms with Crippen molar-refractivity contribution < 1.29 is 14.6 Å². The first-order valence-corrected chi connectivity index (χ1v) is 9.48. The van der Waals surface area contributed by atoms with E-state index in [2.05, 4.69) is 11.4 Å². The van der Waals surface area contributed by atoms with E-state index in [1.807, 2.05) is 24.3 Å². The van der Waals surface area contributed by atoms with Crippen LogP contribution >= 0.6 is 0 Å². The summed E-state index contributed by atoms with van der Waals surface area (Å²) in [5.41, 5.74) is 3.76. The zero-order chi connectivity index (χ0) is 20.2. The molecule has 0 fully saturated rings. The molecule has 3 aromatic carbocycles. The van der Waals surface area contributed by atoms with Crippen LogP contribution in [0.4, 0.5) is 0 Å². The van der Waals surface area contributed by atoms with E-state index >= 15 is 0 Å². The second kappa shape index (κ2) is 8.07. The molecule has 0 bridgehead atoms. The molecule has 1 amide bonds. The Labute approximate surface area is 169 Å². The molecule has 144 valence electrons. The van der Waals surface area contributed by atoms with Crippen LogP contribution in [0.3, 0.4) is 0 Å². The SMILES string of the molecule is N#Cc1ccccc1OCc1cccc(C(=O)NC2CCc3c(O)cccc32)c1. The molecule has 0 radical (unpaired) electrons. The van der Waals surface area contributed by atoms with Gasteiger partial charge in [0.2, 0.25) is 0 Å². The number of amides is 1. The standard InChI is InChI=1S/C24H20N2O3/c25-14-18-6-1-2-10-23(18)29-15-16-5-3-7-17(13-16)24(28)26-21-12-11-20-19(21)8-4-9-22(20)27/h1-10,13,21,27H,11-12,15H2,(H,26,28). The number of rotatable bonds is 5. The van der Waals surface area contributed by atoms with Crippen molar-refractivity contribution in [2.75, 3.05) is 0 Å². The molecule has 0 aliphatic heterocycles. The van der Waals surface area contributed by atoms with Crippen LogP contribution in [0.15, 0.2) is 66.7 Å². The number of para-hydroxylation sites is 1. The predicted molar refractivity (Wildman–Crippen MR) is 109 cm³/mol. The summed E-state index contributed by atoms with van der Waals surface area (Å²) in [6.45, 7) is 0.264. The molecular weight excluding hydrogens is 364 g/mol. The highest BCUT2D eigenvalue weighted by Gasteiger charge is 2.26. The highest BCUT2D eigenvalue weighted by atomic mass is 16.5. The van der Waals surface area contributed by atoms with Gasteiger partial charge in [-0.25, -0.2) is 0 Å². The van der Waals surface area contributed by atoms with Crippen LogP contribution < -0.4 is 10.1 Å². The largest absolute Gasteiger partial charge is 0.508 e. The Morgan fingerprint density at radius 1 is 1.14 bits per heavy atom. The lowest BCUT2D eigenvalue weighted by Gasteiger charge is -2.15. The smallest absolute Gasteiger partial charge is 0.251 e. The summed E-state index contributed by atoms with van der Waals surface area (Å²) < 4.78 is 5.76. The van der Waals surface area contributed by atoms with E-state index in [-0.39, 0.29) is 24.3 Å². The number of carbonyl (C=O) groups excluding carboxylic acids is 1. The predicted octanol–water partition coefficient (Wildman–Crippen LogP) is 4.26. The van der Waals surface area contributed by atoms with Crippen LogP contribution in [0.25, 0.3) is 0 Å². The van der Waals surface area contributed by atoms with Crippen molar-refractivity contribution in [3.63, 3.8) is 0 Å². The number of fused-ring (bicyclic) bond motifs is 1. The Kier molecular flexibility index (Phi) is 5.17.